The van der Waals surface area contributed by atoms with Gasteiger partial charge in [-0.05, 0) is 37.3 Å². The van der Waals surface area contributed by atoms with Gasteiger partial charge in [-0.15, -0.1) is 11.3 Å². The molecular weight excluding hydrogens is 328 g/mol. The van der Waals surface area contributed by atoms with Gasteiger partial charge >= 0.3 is 0 Å². The molecule has 2 aliphatic rings. The topological polar surface area (TPSA) is 90.9 Å². The number of aryl methyl sites for hydroxylation is 2. The van der Waals surface area contributed by atoms with E-state index in [9.17, 15) is 14.4 Å². The largest absolute Gasteiger partial charge is 0.285 e. The molecular formula is C16H20N4O3S. The second-order valence-electron chi connectivity index (χ2n) is 5.99. The maximum Gasteiger partial charge on any atom is 0.285 e. The molecule has 24 heavy (non-hydrogen) atoms. The molecule has 0 radical (unpaired) electrons. The fourth-order valence-corrected chi connectivity index (χ4v) is 4.01. The maximum absolute atomic E-state index is 12.2. The fourth-order valence-electron chi connectivity index (χ4n) is 2.86. The Morgan fingerprint density at radius 2 is 1.83 bits per heavy atom. The van der Waals surface area contributed by atoms with Gasteiger partial charge in [-0.1, -0.05) is 6.42 Å². The van der Waals surface area contributed by atoms with Crippen molar-refractivity contribution in [3.05, 3.63) is 21.4 Å². The average Bonchev–Trinajstić information content (AvgIpc) is 2.85. The molecule has 1 aromatic rings. The van der Waals surface area contributed by atoms with E-state index in [1.807, 2.05) is 6.07 Å². The summed E-state index contributed by atoms with van der Waals surface area (Å²) in [5.74, 6) is -0.932. The van der Waals surface area contributed by atoms with Crippen LogP contribution in [0.3, 0.4) is 0 Å². The van der Waals surface area contributed by atoms with Gasteiger partial charge < -0.3 is 0 Å². The van der Waals surface area contributed by atoms with Crippen LogP contribution in [-0.2, 0) is 22.4 Å². The second kappa shape index (κ2) is 7.12. The SMILES string of the molecule is CN1N=C(C(=O)NNC(=O)c2cc3c(s2)CCCCC3)CCC1=O. The Balaban J connectivity index is 1.58. The van der Waals surface area contributed by atoms with Gasteiger partial charge in [0.25, 0.3) is 11.8 Å². The van der Waals surface area contributed by atoms with Crippen LogP contribution in [0, 0.1) is 0 Å². The third kappa shape index (κ3) is 3.64. The molecule has 128 valence electrons. The lowest BCUT2D eigenvalue weighted by Crippen LogP contribution is -2.46. The third-order valence-electron chi connectivity index (χ3n) is 4.23. The Hall–Kier alpha value is -2.22. The van der Waals surface area contributed by atoms with E-state index in [2.05, 4.69) is 16.0 Å². The fraction of sp³-hybridized carbons (Fsp3) is 0.500. The van der Waals surface area contributed by atoms with Crippen molar-refractivity contribution in [2.75, 3.05) is 7.05 Å². The lowest BCUT2D eigenvalue weighted by atomic mass is 10.1. The molecule has 0 bridgehead atoms. The highest BCUT2D eigenvalue weighted by molar-refractivity contribution is 7.14. The number of rotatable bonds is 2. The Morgan fingerprint density at radius 1 is 1.08 bits per heavy atom. The van der Waals surface area contributed by atoms with E-state index < -0.39 is 5.91 Å². The van der Waals surface area contributed by atoms with E-state index in [-0.39, 0.29) is 30.4 Å². The van der Waals surface area contributed by atoms with Crippen molar-refractivity contribution in [1.29, 1.82) is 0 Å². The monoisotopic (exact) mass is 348 g/mol. The smallest absolute Gasteiger partial charge is 0.273 e. The number of fused-ring (bicyclic) bond motifs is 1. The van der Waals surface area contributed by atoms with Crippen LogP contribution in [0.2, 0.25) is 0 Å². The van der Waals surface area contributed by atoms with E-state index in [1.54, 1.807) is 0 Å². The molecule has 3 amide bonds. The second-order valence-corrected chi connectivity index (χ2v) is 7.13. The summed E-state index contributed by atoms with van der Waals surface area (Å²) in [7, 11) is 1.51. The molecule has 0 saturated carbocycles. The first-order valence-corrected chi connectivity index (χ1v) is 8.92. The highest BCUT2D eigenvalue weighted by atomic mass is 32.1. The van der Waals surface area contributed by atoms with Gasteiger partial charge in [0.1, 0.15) is 5.71 Å². The van der Waals surface area contributed by atoms with Crippen molar-refractivity contribution in [1.82, 2.24) is 15.9 Å². The number of thiophene rings is 1. The van der Waals surface area contributed by atoms with Crippen LogP contribution in [0.25, 0.3) is 0 Å². The zero-order chi connectivity index (χ0) is 17.1. The molecule has 8 heteroatoms. The summed E-state index contributed by atoms with van der Waals surface area (Å²) in [6, 6.07) is 1.93. The third-order valence-corrected chi connectivity index (χ3v) is 5.47. The van der Waals surface area contributed by atoms with Crippen molar-refractivity contribution < 1.29 is 14.4 Å². The van der Waals surface area contributed by atoms with Crippen molar-refractivity contribution >= 4 is 34.8 Å². The molecule has 2 N–H and O–H groups in total. The molecule has 0 atom stereocenters. The van der Waals surface area contributed by atoms with Gasteiger partial charge in [0.05, 0.1) is 4.88 Å². The average molecular weight is 348 g/mol. The molecule has 0 aromatic carbocycles. The van der Waals surface area contributed by atoms with Crippen molar-refractivity contribution in [3.8, 4) is 0 Å². The van der Waals surface area contributed by atoms with Gasteiger partial charge in [0.15, 0.2) is 0 Å². The lowest BCUT2D eigenvalue weighted by Gasteiger charge is -2.18. The minimum atomic E-state index is -0.485. The summed E-state index contributed by atoms with van der Waals surface area (Å²) < 4.78 is 0. The first-order chi connectivity index (χ1) is 11.5. The number of nitrogens with one attached hydrogen (secondary N) is 2. The van der Waals surface area contributed by atoms with Crippen LogP contribution in [0.5, 0.6) is 0 Å². The van der Waals surface area contributed by atoms with Crippen LogP contribution in [0.1, 0.15) is 52.2 Å². The highest BCUT2D eigenvalue weighted by Crippen LogP contribution is 2.28. The molecule has 0 spiro atoms. The molecule has 2 heterocycles. The van der Waals surface area contributed by atoms with Crippen LogP contribution in [0.4, 0.5) is 0 Å². The minimum Gasteiger partial charge on any atom is -0.273 e. The molecule has 1 aliphatic carbocycles. The number of amides is 3. The molecule has 0 fully saturated rings. The van der Waals surface area contributed by atoms with Crippen LogP contribution < -0.4 is 10.9 Å². The number of hydrogen-bond acceptors (Lipinski definition) is 5. The Bertz CT molecular complexity index is 687. The molecule has 0 saturated heterocycles. The summed E-state index contributed by atoms with van der Waals surface area (Å²) >= 11 is 1.50. The zero-order valence-corrected chi connectivity index (χ0v) is 14.4. The predicted octanol–water partition coefficient (Wildman–Crippen LogP) is 1.39. The standard InChI is InChI=1S/C16H20N4O3S/c1-20-14(21)8-7-11(19-20)15(22)17-18-16(23)13-9-10-5-3-2-4-6-12(10)24-13/h9H,2-8H2,1H3,(H,17,22)(H,18,23). The normalized spacial score (nSPS) is 17.6. The van der Waals surface area contributed by atoms with Crippen LogP contribution >= 0.6 is 11.3 Å². The maximum atomic E-state index is 12.2. The first kappa shape index (κ1) is 16.6. The Labute approximate surface area is 144 Å². The van der Waals surface area contributed by atoms with E-state index >= 15 is 0 Å². The van der Waals surface area contributed by atoms with Crippen molar-refractivity contribution in [3.63, 3.8) is 0 Å². The number of carbonyl (C=O) groups is 3. The zero-order valence-electron chi connectivity index (χ0n) is 13.6. The Kier molecular flexibility index (Phi) is 4.94. The Morgan fingerprint density at radius 3 is 2.62 bits per heavy atom. The van der Waals surface area contributed by atoms with Gasteiger partial charge in [-0.2, -0.15) is 5.10 Å². The summed E-state index contributed by atoms with van der Waals surface area (Å²) in [6.07, 6.45) is 6.12. The van der Waals surface area contributed by atoms with Crippen molar-refractivity contribution in [2.45, 2.75) is 44.9 Å². The molecule has 0 unspecified atom stereocenters. The van der Waals surface area contributed by atoms with Crippen LogP contribution in [-0.4, -0.2) is 35.5 Å². The van der Waals surface area contributed by atoms with E-state index in [1.165, 1.54) is 35.2 Å². The molecule has 7 nitrogen and oxygen atoms in total. The molecule has 1 aliphatic heterocycles. The number of hydrazine groups is 1. The number of hydrogen-bond donors (Lipinski definition) is 2. The predicted molar refractivity (Wildman–Crippen MR) is 90.6 cm³/mol. The van der Waals surface area contributed by atoms with Gasteiger partial charge in [-0.3, -0.25) is 25.2 Å². The van der Waals surface area contributed by atoms with E-state index in [0.29, 0.717) is 4.88 Å². The summed E-state index contributed by atoms with van der Waals surface area (Å²) in [5.41, 5.74) is 6.30. The number of hydrazone groups is 1. The van der Waals surface area contributed by atoms with Gasteiger partial charge in [0, 0.05) is 24.8 Å². The number of carbonyl (C=O) groups excluding carboxylic acids is 3. The summed E-state index contributed by atoms with van der Waals surface area (Å²) in [4.78, 5) is 37.5. The molecule has 3 rings (SSSR count). The summed E-state index contributed by atoms with van der Waals surface area (Å²) in [5, 5.41) is 5.07. The summed E-state index contributed by atoms with van der Waals surface area (Å²) in [6.45, 7) is 0. The quantitative estimate of drug-likeness (QED) is 0.625. The van der Waals surface area contributed by atoms with E-state index in [4.69, 9.17) is 0 Å². The van der Waals surface area contributed by atoms with Crippen LogP contribution in [0.15, 0.2) is 11.2 Å². The lowest BCUT2D eigenvalue weighted by molar-refractivity contribution is -0.130. The minimum absolute atomic E-state index is 0.129. The van der Waals surface area contributed by atoms with Gasteiger partial charge in [-0.25, -0.2) is 5.01 Å². The van der Waals surface area contributed by atoms with E-state index in [0.717, 1.165) is 30.7 Å². The first-order valence-electron chi connectivity index (χ1n) is 8.11. The highest BCUT2D eigenvalue weighted by Gasteiger charge is 2.23. The molecule has 1 aromatic heterocycles. The van der Waals surface area contributed by atoms with Crippen molar-refractivity contribution in [2.24, 2.45) is 5.10 Å². The van der Waals surface area contributed by atoms with Gasteiger partial charge in [0.2, 0.25) is 5.91 Å². The number of nitrogens with zero attached hydrogens (tertiary/aromatic N) is 2.